The average Bonchev–Trinajstić information content (AvgIpc) is 2.75. The van der Waals surface area contributed by atoms with Gasteiger partial charge >= 0.3 is 6.18 Å². The summed E-state index contributed by atoms with van der Waals surface area (Å²) in [6.07, 6.45) is -0.478. The van der Waals surface area contributed by atoms with Gasteiger partial charge in [-0.2, -0.15) is 13.2 Å². The van der Waals surface area contributed by atoms with E-state index in [1.54, 1.807) is 0 Å². The Morgan fingerprint density at radius 1 is 1.00 bits per heavy atom. The van der Waals surface area contributed by atoms with Crippen molar-refractivity contribution in [2.75, 3.05) is 0 Å². The fraction of sp³-hybridized carbons (Fsp3) is 0.333. The lowest BCUT2D eigenvalue weighted by molar-refractivity contribution is -0.137. The molecule has 0 radical (unpaired) electrons. The van der Waals surface area contributed by atoms with Crippen molar-refractivity contribution < 1.29 is 22.7 Å². The van der Waals surface area contributed by atoms with Gasteiger partial charge in [-0.1, -0.05) is 42.5 Å². The summed E-state index contributed by atoms with van der Waals surface area (Å²) in [7, 11) is 0. The van der Waals surface area contributed by atoms with Crippen molar-refractivity contribution >= 4 is 16.7 Å². The van der Waals surface area contributed by atoms with E-state index >= 15 is 0 Å². The van der Waals surface area contributed by atoms with E-state index < -0.39 is 11.7 Å². The van der Waals surface area contributed by atoms with Crippen molar-refractivity contribution in [3.8, 4) is 5.88 Å². The van der Waals surface area contributed by atoms with Crippen molar-refractivity contribution in [1.29, 1.82) is 0 Å². The molecule has 0 bridgehead atoms. The molecule has 4 rings (SSSR count). The van der Waals surface area contributed by atoms with Crippen LogP contribution in [0.2, 0.25) is 0 Å². The average molecular weight is 428 g/mol. The molecule has 2 aromatic carbocycles. The van der Waals surface area contributed by atoms with E-state index in [0.29, 0.717) is 19.3 Å². The lowest BCUT2D eigenvalue weighted by Crippen LogP contribution is -2.40. The van der Waals surface area contributed by atoms with Crippen molar-refractivity contribution in [3.05, 3.63) is 71.9 Å². The normalized spacial score (nSPS) is 19.2. The molecule has 1 amide bonds. The van der Waals surface area contributed by atoms with Gasteiger partial charge in [0, 0.05) is 18.3 Å². The summed E-state index contributed by atoms with van der Waals surface area (Å²) in [4.78, 5) is 16.3. The third-order valence-corrected chi connectivity index (χ3v) is 5.62. The van der Waals surface area contributed by atoms with Crippen LogP contribution in [0.1, 0.15) is 36.8 Å². The zero-order valence-corrected chi connectivity index (χ0v) is 16.9. The summed E-state index contributed by atoms with van der Waals surface area (Å²) < 4.78 is 43.6. The highest BCUT2D eigenvalue weighted by Gasteiger charge is 2.31. The largest absolute Gasteiger partial charge is 0.474 e. The quantitative estimate of drug-likeness (QED) is 0.600. The van der Waals surface area contributed by atoms with E-state index in [9.17, 15) is 18.0 Å². The zero-order chi connectivity index (χ0) is 21.8. The second-order valence-corrected chi connectivity index (χ2v) is 7.86. The Labute approximate surface area is 178 Å². The van der Waals surface area contributed by atoms with E-state index in [1.807, 2.05) is 42.5 Å². The standard InChI is InChI=1S/C24H23F3N2O2/c25-24(26,27)18-8-13-23(28-15-18)31-20-11-9-19(10-12-20)29-22(30)14-17-6-3-5-16-4-1-2-7-21(16)17/h1-8,13,15,19-20H,9-12,14H2,(H,29,30). The monoisotopic (exact) mass is 428 g/mol. The topological polar surface area (TPSA) is 51.2 Å². The fourth-order valence-corrected chi connectivity index (χ4v) is 4.01. The maximum atomic E-state index is 12.6. The van der Waals surface area contributed by atoms with Gasteiger partial charge in [0.1, 0.15) is 6.10 Å². The number of nitrogens with zero attached hydrogens (tertiary/aromatic N) is 1. The Balaban J connectivity index is 1.26. The van der Waals surface area contributed by atoms with Gasteiger partial charge in [0.05, 0.1) is 12.0 Å². The van der Waals surface area contributed by atoms with E-state index in [4.69, 9.17) is 4.74 Å². The van der Waals surface area contributed by atoms with Crippen molar-refractivity contribution in [1.82, 2.24) is 10.3 Å². The van der Waals surface area contributed by atoms with Crippen LogP contribution in [0.4, 0.5) is 13.2 Å². The molecule has 1 N–H and O–H groups in total. The number of pyridine rings is 1. The number of ether oxygens (including phenoxy) is 1. The first-order valence-electron chi connectivity index (χ1n) is 10.3. The van der Waals surface area contributed by atoms with Crippen LogP contribution in [0.3, 0.4) is 0 Å². The zero-order valence-electron chi connectivity index (χ0n) is 16.9. The molecule has 1 aliphatic rings. The fourth-order valence-electron chi connectivity index (χ4n) is 4.01. The first-order chi connectivity index (χ1) is 14.9. The van der Waals surface area contributed by atoms with Crippen LogP contribution in [0.15, 0.2) is 60.8 Å². The molecule has 0 aliphatic heterocycles. The number of rotatable bonds is 5. The summed E-state index contributed by atoms with van der Waals surface area (Å²) in [6, 6.07) is 16.3. The molecule has 1 fully saturated rings. The van der Waals surface area contributed by atoms with Gasteiger partial charge in [0.25, 0.3) is 0 Å². The van der Waals surface area contributed by atoms with E-state index in [1.165, 1.54) is 6.07 Å². The second kappa shape index (κ2) is 8.96. The Morgan fingerprint density at radius 2 is 1.74 bits per heavy atom. The van der Waals surface area contributed by atoms with Crippen LogP contribution in [0, 0.1) is 0 Å². The summed E-state index contributed by atoms with van der Waals surface area (Å²) in [5.41, 5.74) is 0.207. The predicted molar refractivity (Wildman–Crippen MR) is 112 cm³/mol. The van der Waals surface area contributed by atoms with Crippen molar-refractivity contribution in [3.63, 3.8) is 0 Å². The molecule has 4 nitrogen and oxygen atoms in total. The van der Waals surface area contributed by atoms with Crippen molar-refractivity contribution in [2.24, 2.45) is 0 Å². The molecule has 162 valence electrons. The van der Waals surface area contributed by atoms with E-state index in [0.717, 1.165) is 41.4 Å². The molecular weight excluding hydrogens is 405 g/mol. The smallest absolute Gasteiger partial charge is 0.417 e. The van der Waals surface area contributed by atoms with E-state index in [2.05, 4.69) is 10.3 Å². The summed E-state index contributed by atoms with van der Waals surface area (Å²) >= 11 is 0. The molecule has 0 unspecified atom stereocenters. The molecule has 0 atom stereocenters. The van der Waals surface area contributed by atoms with Crippen LogP contribution >= 0.6 is 0 Å². The SMILES string of the molecule is O=C(Cc1cccc2ccccc12)NC1CCC(Oc2ccc(C(F)(F)F)cn2)CC1. The third kappa shape index (κ3) is 5.34. The van der Waals surface area contributed by atoms with Crippen LogP contribution in [0.5, 0.6) is 5.88 Å². The molecule has 0 saturated heterocycles. The number of nitrogens with one attached hydrogen (secondary N) is 1. The Morgan fingerprint density at radius 3 is 2.45 bits per heavy atom. The third-order valence-electron chi connectivity index (χ3n) is 5.62. The lowest BCUT2D eigenvalue weighted by Gasteiger charge is -2.29. The molecule has 7 heteroatoms. The van der Waals surface area contributed by atoms with E-state index in [-0.39, 0.29) is 23.9 Å². The van der Waals surface area contributed by atoms with Crippen LogP contribution in [-0.4, -0.2) is 23.0 Å². The minimum absolute atomic E-state index is 0.00914. The van der Waals surface area contributed by atoms with Crippen LogP contribution in [0.25, 0.3) is 10.8 Å². The number of aromatic nitrogens is 1. The van der Waals surface area contributed by atoms with Gasteiger partial charge in [-0.25, -0.2) is 4.98 Å². The Hall–Kier alpha value is -3.09. The number of halogens is 3. The maximum absolute atomic E-state index is 12.6. The minimum Gasteiger partial charge on any atom is -0.474 e. The number of carbonyl (C=O) groups excluding carboxylic acids is 1. The number of fused-ring (bicyclic) bond motifs is 1. The summed E-state index contributed by atoms with van der Waals surface area (Å²) in [6.45, 7) is 0. The van der Waals surface area contributed by atoms with Gasteiger partial charge in [-0.05, 0) is 48.1 Å². The van der Waals surface area contributed by atoms with Crippen LogP contribution in [-0.2, 0) is 17.4 Å². The Kier molecular flexibility index (Phi) is 6.11. The highest BCUT2D eigenvalue weighted by atomic mass is 19.4. The van der Waals surface area contributed by atoms with Crippen molar-refractivity contribution in [2.45, 2.75) is 50.4 Å². The lowest BCUT2D eigenvalue weighted by atomic mass is 9.92. The van der Waals surface area contributed by atoms with Crippen LogP contribution < -0.4 is 10.1 Å². The summed E-state index contributed by atoms with van der Waals surface area (Å²) in [5, 5.41) is 5.30. The molecule has 1 aliphatic carbocycles. The number of benzene rings is 2. The molecule has 1 aromatic heterocycles. The first kappa shape index (κ1) is 21.2. The predicted octanol–water partition coefficient (Wildman–Crippen LogP) is 5.30. The first-order valence-corrected chi connectivity index (χ1v) is 10.3. The molecule has 1 heterocycles. The number of carbonyl (C=O) groups is 1. The van der Waals surface area contributed by atoms with Gasteiger partial charge in [0.2, 0.25) is 11.8 Å². The number of amides is 1. The van der Waals surface area contributed by atoms with Gasteiger partial charge < -0.3 is 10.1 Å². The minimum atomic E-state index is -4.41. The second-order valence-electron chi connectivity index (χ2n) is 7.86. The number of hydrogen-bond donors (Lipinski definition) is 1. The van der Waals surface area contributed by atoms with Gasteiger partial charge in [0.15, 0.2) is 0 Å². The molecule has 0 spiro atoms. The maximum Gasteiger partial charge on any atom is 0.417 e. The molecular formula is C24H23F3N2O2. The van der Waals surface area contributed by atoms with Gasteiger partial charge in [-0.3, -0.25) is 4.79 Å². The molecule has 1 saturated carbocycles. The highest BCUT2D eigenvalue weighted by Crippen LogP contribution is 2.30. The number of alkyl halides is 3. The molecule has 3 aromatic rings. The highest BCUT2D eigenvalue weighted by molar-refractivity contribution is 5.90. The van der Waals surface area contributed by atoms with Gasteiger partial charge in [-0.15, -0.1) is 0 Å². The summed E-state index contributed by atoms with van der Waals surface area (Å²) in [5.74, 6) is 0.182. The Bertz CT molecular complexity index is 1040. The molecule has 31 heavy (non-hydrogen) atoms. The number of hydrogen-bond acceptors (Lipinski definition) is 3.